The number of carbonyl (C=O) groups excluding carboxylic acids is 4. The molecule has 0 heterocycles. The fourth-order valence-electron chi connectivity index (χ4n) is 18.9. The summed E-state index contributed by atoms with van der Waals surface area (Å²) in [5, 5.41) is 18.5. The summed E-state index contributed by atoms with van der Waals surface area (Å²) < 4.78 is 24.7. The highest BCUT2D eigenvalue weighted by Gasteiger charge is 2.71. The monoisotopic (exact) mass is 923 g/mol. The maximum absolute atomic E-state index is 13.5. The molecular weight excluding hydrogens is 833 g/mol. The molecule has 8 aliphatic carbocycles. The van der Waals surface area contributed by atoms with Crippen LogP contribution >= 0.6 is 0 Å². The number of ether oxygens (including phenoxy) is 4. The maximum Gasteiger partial charge on any atom is 0.312 e. The van der Waals surface area contributed by atoms with E-state index in [1.165, 1.54) is 0 Å². The van der Waals surface area contributed by atoms with E-state index in [1.54, 1.807) is 0 Å². The zero-order valence-electron chi connectivity index (χ0n) is 42.3. The van der Waals surface area contributed by atoms with Gasteiger partial charge in [-0.2, -0.15) is 0 Å². The minimum atomic E-state index is -0.484. The predicted molar refractivity (Wildman–Crippen MR) is 253 cm³/mol. The molecule has 66 heavy (non-hydrogen) atoms. The molecule has 8 aliphatic rings. The molecule has 0 aliphatic heterocycles. The zero-order valence-corrected chi connectivity index (χ0v) is 42.3. The summed E-state index contributed by atoms with van der Waals surface area (Å²) in [7, 11) is 0. The summed E-state index contributed by atoms with van der Waals surface area (Å²) in [6.07, 6.45) is 26.1. The van der Waals surface area contributed by atoms with E-state index in [1.807, 2.05) is 0 Å². The lowest BCUT2D eigenvalue weighted by Crippen LogP contribution is -2.59. The molecule has 0 saturated heterocycles. The van der Waals surface area contributed by atoms with Gasteiger partial charge >= 0.3 is 23.9 Å². The molecule has 10 nitrogen and oxygen atoms in total. The van der Waals surface area contributed by atoms with E-state index < -0.39 is 10.8 Å². The number of hydrogen-bond donors (Lipinski definition) is 2. The standard InChI is InChI=1S/C56H90O10/c1-39-35-53-27-19-41-49(3,23-13-25-51(41,5)47(61)63-33-15-31-57)43(53)21-29-55(39,37-53)65-45(59)17-11-9-7-8-10-12-18-46(60)66-56-30-22-44-50(4)24-14-26-52(6,48(62)64-34-16-32-58)42(50)20-28-54(44,38-56)36-40(56)2/h39-44,57-58H,7-38H2,1-6H3/t39-,40-,41-,42-,43-,44-,49+,50+,51+,52+,53+,54+,55-,56-/m0/s1. The molecule has 2 N–H and O–H groups in total. The van der Waals surface area contributed by atoms with Gasteiger partial charge in [-0.1, -0.05) is 66.2 Å². The third-order valence-electron chi connectivity index (χ3n) is 21.8. The average molecular weight is 923 g/mol. The highest BCUT2D eigenvalue weighted by molar-refractivity contribution is 5.78. The highest BCUT2D eigenvalue weighted by Crippen LogP contribution is 2.75. The lowest BCUT2D eigenvalue weighted by Gasteiger charge is -2.64. The third kappa shape index (κ3) is 8.62. The van der Waals surface area contributed by atoms with Crippen molar-refractivity contribution in [2.75, 3.05) is 26.4 Å². The molecule has 14 atom stereocenters. The Kier molecular flexibility index (Phi) is 14.6. The van der Waals surface area contributed by atoms with Crippen LogP contribution in [0.25, 0.3) is 0 Å². The van der Waals surface area contributed by atoms with Crippen molar-refractivity contribution >= 4 is 23.9 Å². The van der Waals surface area contributed by atoms with Crippen molar-refractivity contribution in [3.63, 3.8) is 0 Å². The van der Waals surface area contributed by atoms with Crippen molar-refractivity contribution in [2.45, 2.75) is 233 Å². The second-order valence-corrected chi connectivity index (χ2v) is 25.3. The molecule has 4 bridgehead atoms. The van der Waals surface area contributed by atoms with E-state index in [0.29, 0.717) is 61.2 Å². The first-order chi connectivity index (χ1) is 31.4. The second kappa shape index (κ2) is 19.2. The molecule has 0 amide bonds. The first kappa shape index (κ1) is 50.2. The SMILES string of the molecule is C[C@H]1C[C@@]23CC[C@H]4[C@@](C)(CCC[C@@]4(C)C(=O)OCCCO)[C@@H]2CC[C@]1(OC(=O)CCCCCCCCC(=O)O[C@]12CC[C@@H]4[C@](CC[C@H]5[C@@]4(C)CCC[C@@]5(C)C(=O)OCCCO)(C[C@@H]1C)C2)C3. The quantitative estimate of drug-likeness (QED) is 0.0729. The number of unbranched alkanes of at least 4 members (excludes halogenated alkanes) is 5. The molecule has 0 radical (unpaired) electrons. The summed E-state index contributed by atoms with van der Waals surface area (Å²) in [5.41, 5.74) is -1.22. The number of esters is 4. The topological polar surface area (TPSA) is 146 Å². The summed E-state index contributed by atoms with van der Waals surface area (Å²) in [6, 6.07) is 0. The van der Waals surface area contributed by atoms with Crippen LogP contribution in [0.5, 0.6) is 0 Å². The first-order valence-electron chi connectivity index (χ1n) is 27.4. The Bertz CT molecular complexity index is 1660. The Balaban J connectivity index is 0.746. The van der Waals surface area contributed by atoms with Crippen LogP contribution in [0, 0.1) is 68.0 Å². The molecule has 374 valence electrons. The Hall–Kier alpha value is -2.20. The van der Waals surface area contributed by atoms with Gasteiger partial charge in [0, 0.05) is 38.9 Å². The first-order valence-corrected chi connectivity index (χ1v) is 27.4. The number of aliphatic hydroxyl groups excluding tert-OH is 2. The van der Waals surface area contributed by atoms with Crippen LogP contribution in [-0.4, -0.2) is 71.7 Å². The Morgan fingerprint density at radius 1 is 0.485 bits per heavy atom. The molecule has 0 aromatic heterocycles. The molecule has 0 unspecified atom stereocenters. The Labute approximate surface area is 397 Å². The molecule has 2 spiro atoms. The minimum Gasteiger partial charge on any atom is -0.465 e. The largest absolute Gasteiger partial charge is 0.465 e. The number of fused-ring (bicyclic) bond motifs is 6. The van der Waals surface area contributed by atoms with Crippen molar-refractivity contribution in [1.29, 1.82) is 0 Å². The summed E-state index contributed by atoms with van der Waals surface area (Å²) in [4.78, 5) is 54.1. The van der Waals surface area contributed by atoms with E-state index in [0.717, 1.165) is 154 Å². The van der Waals surface area contributed by atoms with E-state index >= 15 is 0 Å². The van der Waals surface area contributed by atoms with Gasteiger partial charge in [0.2, 0.25) is 0 Å². The summed E-state index contributed by atoms with van der Waals surface area (Å²) in [6.45, 7) is 14.5. The summed E-state index contributed by atoms with van der Waals surface area (Å²) >= 11 is 0. The fourth-order valence-corrected chi connectivity index (χ4v) is 18.9. The van der Waals surface area contributed by atoms with Crippen molar-refractivity contribution in [3.05, 3.63) is 0 Å². The molecule has 0 aromatic rings. The molecule has 8 rings (SSSR count). The van der Waals surface area contributed by atoms with Gasteiger partial charge in [-0.05, 0) is 187 Å². The van der Waals surface area contributed by atoms with Crippen LogP contribution in [0.15, 0.2) is 0 Å². The van der Waals surface area contributed by atoms with Gasteiger partial charge in [-0.3, -0.25) is 19.2 Å². The molecule has 10 heteroatoms. The van der Waals surface area contributed by atoms with Crippen LogP contribution in [0.3, 0.4) is 0 Å². The van der Waals surface area contributed by atoms with E-state index in [2.05, 4.69) is 41.5 Å². The van der Waals surface area contributed by atoms with Crippen molar-refractivity contribution < 1.29 is 48.3 Å². The number of rotatable bonds is 19. The van der Waals surface area contributed by atoms with Gasteiger partial charge < -0.3 is 29.2 Å². The van der Waals surface area contributed by atoms with Crippen molar-refractivity contribution in [3.8, 4) is 0 Å². The maximum atomic E-state index is 13.5. The van der Waals surface area contributed by atoms with Crippen LogP contribution in [0.2, 0.25) is 0 Å². The van der Waals surface area contributed by atoms with E-state index in [9.17, 15) is 29.4 Å². The van der Waals surface area contributed by atoms with Gasteiger partial charge in [-0.15, -0.1) is 0 Å². The molecule has 0 aromatic carbocycles. The number of hydrogen-bond acceptors (Lipinski definition) is 10. The third-order valence-corrected chi connectivity index (χ3v) is 21.8. The number of aliphatic hydroxyl groups is 2. The normalized spacial score (nSPS) is 44.2. The molecule has 8 saturated carbocycles. The Morgan fingerprint density at radius 2 is 0.864 bits per heavy atom. The zero-order chi connectivity index (χ0) is 47.2. The van der Waals surface area contributed by atoms with Crippen LogP contribution in [0.1, 0.15) is 221 Å². The van der Waals surface area contributed by atoms with Crippen LogP contribution in [0.4, 0.5) is 0 Å². The van der Waals surface area contributed by atoms with Gasteiger partial charge in [-0.25, -0.2) is 0 Å². The minimum absolute atomic E-state index is 0.0323. The second-order valence-electron chi connectivity index (χ2n) is 25.3. The van der Waals surface area contributed by atoms with Gasteiger partial charge in [0.15, 0.2) is 0 Å². The van der Waals surface area contributed by atoms with E-state index in [4.69, 9.17) is 18.9 Å². The molecule has 8 fully saturated rings. The fraction of sp³-hybridized carbons (Fsp3) is 0.929. The van der Waals surface area contributed by atoms with Gasteiger partial charge in [0.25, 0.3) is 0 Å². The van der Waals surface area contributed by atoms with Crippen LogP contribution in [-0.2, 0) is 38.1 Å². The van der Waals surface area contributed by atoms with Crippen molar-refractivity contribution in [2.24, 2.45) is 68.0 Å². The molecular formula is C56H90O10. The lowest BCUT2D eigenvalue weighted by molar-refractivity contribution is -0.197. The van der Waals surface area contributed by atoms with Crippen LogP contribution < -0.4 is 0 Å². The van der Waals surface area contributed by atoms with Gasteiger partial charge in [0.05, 0.1) is 24.0 Å². The van der Waals surface area contributed by atoms with E-state index in [-0.39, 0.29) is 83.2 Å². The predicted octanol–water partition coefficient (Wildman–Crippen LogP) is 11.4. The summed E-state index contributed by atoms with van der Waals surface area (Å²) in [5.74, 6) is 2.08. The average Bonchev–Trinajstić information content (AvgIpc) is 3.59. The smallest absolute Gasteiger partial charge is 0.312 e. The van der Waals surface area contributed by atoms with Gasteiger partial charge in [0.1, 0.15) is 11.2 Å². The number of carbonyl (C=O) groups is 4. The van der Waals surface area contributed by atoms with Crippen molar-refractivity contribution in [1.82, 2.24) is 0 Å². The lowest BCUT2D eigenvalue weighted by atomic mass is 9.41. The Morgan fingerprint density at radius 3 is 1.26 bits per heavy atom. The highest BCUT2D eigenvalue weighted by atomic mass is 16.6.